The van der Waals surface area contributed by atoms with Crippen molar-refractivity contribution in [2.75, 3.05) is 13.2 Å². The molecule has 3 heteroatoms. The standard InChI is InChI=1S/C12H16O3/c13-10-4-1-2-5-11(10)6-3-7-12(11)14-8-9-15-12/h1-2H,3-9H2. The molecule has 2 spiro atoms. The number of ether oxygens (including phenoxy) is 2. The Bertz CT molecular complexity index is 309. The molecule has 1 heterocycles. The molecule has 1 atom stereocenters. The summed E-state index contributed by atoms with van der Waals surface area (Å²) in [6.45, 7) is 1.28. The first-order chi connectivity index (χ1) is 7.29. The fourth-order valence-corrected chi connectivity index (χ4v) is 3.32. The smallest absolute Gasteiger partial charge is 0.181 e. The van der Waals surface area contributed by atoms with Gasteiger partial charge in [0.2, 0.25) is 0 Å². The van der Waals surface area contributed by atoms with Gasteiger partial charge in [-0.3, -0.25) is 4.79 Å². The van der Waals surface area contributed by atoms with E-state index in [9.17, 15) is 4.79 Å². The van der Waals surface area contributed by atoms with Crippen LogP contribution in [0.25, 0.3) is 0 Å². The van der Waals surface area contributed by atoms with Crippen molar-refractivity contribution in [2.24, 2.45) is 5.41 Å². The van der Waals surface area contributed by atoms with Crippen LogP contribution in [-0.4, -0.2) is 24.8 Å². The lowest BCUT2D eigenvalue weighted by Crippen LogP contribution is -2.50. The van der Waals surface area contributed by atoms with Crippen LogP contribution in [-0.2, 0) is 14.3 Å². The summed E-state index contributed by atoms with van der Waals surface area (Å²) < 4.78 is 11.6. The predicted molar refractivity (Wildman–Crippen MR) is 54.3 cm³/mol. The molecule has 1 saturated carbocycles. The number of carbonyl (C=O) groups is 1. The van der Waals surface area contributed by atoms with Gasteiger partial charge in [-0.25, -0.2) is 0 Å². The van der Waals surface area contributed by atoms with Crippen molar-refractivity contribution in [3.63, 3.8) is 0 Å². The lowest BCUT2D eigenvalue weighted by atomic mass is 9.71. The molecule has 0 aromatic heterocycles. The Balaban J connectivity index is 2.01. The summed E-state index contributed by atoms with van der Waals surface area (Å²) >= 11 is 0. The third kappa shape index (κ3) is 1.11. The molecule has 2 aliphatic carbocycles. The molecule has 0 radical (unpaired) electrons. The van der Waals surface area contributed by atoms with Gasteiger partial charge >= 0.3 is 0 Å². The van der Waals surface area contributed by atoms with Gasteiger partial charge in [0.15, 0.2) is 5.79 Å². The first-order valence-corrected chi connectivity index (χ1v) is 5.75. The molecular weight excluding hydrogens is 192 g/mol. The molecule has 0 aromatic carbocycles. The largest absolute Gasteiger partial charge is 0.346 e. The number of Topliss-reactive ketones (excluding diaryl/α,β-unsaturated/α-hetero) is 1. The third-order valence-corrected chi connectivity index (χ3v) is 4.06. The van der Waals surface area contributed by atoms with Crippen molar-refractivity contribution in [2.45, 2.75) is 37.9 Å². The summed E-state index contributed by atoms with van der Waals surface area (Å²) in [5.41, 5.74) is -0.363. The quantitative estimate of drug-likeness (QED) is 0.570. The van der Waals surface area contributed by atoms with Crippen LogP contribution in [0.2, 0.25) is 0 Å². The highest BCUT2D eigenvalue weighted by Crippen LogP contribution is 2.55. The van der Waals surface area contributed by atoms with E-state index >= 15 is 0 Å². The Labute approximate surface area is 89.4 Å². The molecule has 2 fully saturated rings. The second-order valence-corrected chi connectivity index (χ2v) is 4.69. The predicted octanol–water partition coefficient (Wildman–Crippen LogP) is 1.82. The number of allylic oxidation sites excluding steroid dienone is 2. The zero-order chi connectivity index (χ0) is 10.4. The van der Waals surface area contributed by atoms with Gasteiger partial charge in [-0.05, 0) is 19.3 Å². The number of rotatable bonds is 0. The molecule has 0 aromatic rings. The van der Waals surface area contributed by atoms with Crippen molar-refractivity contribution in [1.29, 1.82) is 0 Å². The van der Waals surface area contributed by atoms with E-state index in [2.05, 4.69) is 6.08 Å². The van der Waals surface area contributed by atoms with Crippen LogP contribution in [0.3, 0.4) is 0 Å². The average Bonchev–Trinajstić information content (AvgIpc) is 2.83. The van der Waals surface area contributed by atoms with E-state index in [1.807, 2.05) is 6.08 Å². The molecule has 82 valence electrons. The molecular formula is C12H16O3. The van der Waals surface area contributed by atoms with Crippen LogP contribution < -0.4 is 0 Å². The van der Waals surface area contributed by atoms with Crippen LogP contribution in [0.4, 0.5) is 0 Å². The van der Waals surface area contributed by atoms with E-state index in [0.29, 0.717) is 25.4 Å². The Morgan fingerprint density at radius 1 is 1.13 bits per heavy atom. The molecule has 1 aliphatic heterocycles. The van der Waals surface area contributed by atoms with Gasteiger partial charge in [-0.2, -0.15) is 0 Å². The second kappa shape index (κ2) is 3.16. The van der Waals surface area contributed by atoms with E-state index in [1.54, 1.807) is 0 Å². The van der Waals surface area contributed by atoms with Crippen molar-refractivity contribution < 1.29 is 14.3 Å². The third-order valence-electron chi connectivity index (χ3n) is 4.06. The average molecular weight is 208 g/mol. The van der Waals surface area contributed by atoms with E-state index in [-0.39, 0.29) is 5.41 Å². The minimum Gasteiger partial charge on any atom is -0.346 e. The molecule has 15 heavy (non-hydrogen) atoms. The van der Waals surface area contributed by atoms with E-state index in [1.165, 1.54) is 0 Å². The van der Waals surface area contributed by atoms with Crippen molar-refractivity contribution >= 4 is 5.78 Å². The zero-order valence-electron chi connectivity index (χ0n) is 8.83. The van der Waals surface area contributed by atoms with Crippen LogP contribution in [0.5, 0.6) is 0 Å². The number of hydrogen-bond donors (Lipinski definition) is 0. The Morgan fingerprint density at radius 3 is 2.67 bits per heavy atom. The monoisotopic (exact) mass is 208 g/mol. The van der Waals surface area contributed by atoms with Gasteiger partial charge in [0.05, 0.1) is 18.6 Å². The topological polar surface area (TPSA) is 35.5 Å². The highest BCUT2D eigenvalue weighted by atomic mass is 16.7. The number of ketones is 1. The van der Waals surface area contributed by atoms with Crippen molar-refractivity contribution in [3.8, 4) is 0 Å². The van der Waals surface area contributed by atoms with Gasteiger partial charge in [0.25, 0.3) is 0 Å². The maximum absolute atomic E-state index is 12.2. The highest BCUT2D eigenvalue weighted by molar-refractivity contribution is 5.88. The zero-order valence-corrected chi connectivity index (χ0v) is 8.83. The summed E-state index contributed by atoms with van der Waals surface area (Å²) in [5.74, 6) is -0.265. The molecule has 3 aliphatic rings. The van der Waals surface area contributed by atoms with Gasteiger partial charge in [0, 0.05) is 12.8 Å². The van der Waals surface area contributed by atoms with Crippen molar-refractivity contribution in [1.82, 2.24) is 0 Å². The van der Waals surface area contributed by atoms with Gasteiger partial charge in [0.1, 0.15) is 5.78 Å². The van der Waals surface area contributed by atoms with Gasteiger partial charge < -0.3 is 9.47 Å². The molecule has 0 N–H and O–H groups in total. The summed E-state index contributed by atoms with van der Waals surface area (Å²) in [6.07, 6.45) is 8.27. The lowest BCUT2D eigenvalue weighted by molar-refractivity contribution is -0.218. The second-order valence-electron chi connectivity index (χ2n) is 4.69. The van der Waals surface area contributed by atoms with Crippen LogP contribution >= 0.6 is 0 Å². The van der Waals surface area contributed by atoms with Gasteiger partial charge in [-0.15, -0.1) is 0 Å². The normalized spacial score (nSPS) is 38.3. The van der Waals surface area contributed by atoms with Gasteiger partial charge in [-0.1, -0.05) is 12.2 Å². The number of hydrogen-bond acceptors (Lipinski definition) is 3. The minimum atomic E-state index is -0.575. The molecule has 0 bridgehead atoms. The first-order valence-electron chi connectivity index (χ1n) is 5.75. The lowest BCUT2D eigenvalue weighted by Gasteiger charge is -2.41. The molecule has 0 amide bonds. The Hall–Kier alpha value is -0.670. The summed E-state index contributed by atoms with van der Waals surface area (Å²) in [7, 11) is 0. The van der Waals surface area contributed by atoms with Crippen molar-refractivity contribution in [3.05, 3.63) is 12.2 Å². The van der Waals surface area contributed by atoms with Crippen LogP contribution in [0.1, 0.15) is 32.1 Å². The van der Waals surface area contributed by atoms with E-state index < -0.39 is 5.79 Å². The summed E-state index contributed by atoms with van der Waals surface area (Å²) in [4.78, 5) is 12.2. The molecule has 1 unspecified atom stereocenters. The minimum absolute atomic E-state index is 0.310. The summed E-state index contributed by atoms with van der Waals surface area (Å²) in [5, 5.41) is 0. The molecule has 1 saturated heterocycles. The number of fused-ring (bicyclic) bond motifs is 1. The Morgan fingerprint density at radius 2 is 1.93 bits per heavy atom. The summed E-state index contributed by atoms with van der Waals surface area (Å²) in [6, 6.07) is 0. The molecule has 3 nitrogen and oxygen atoms in total. The Kier molecular flexibility index (Phi) is 2.01. The maximum atomic E-state index is 12.2. The first kappa shape index (κ1) is 9.55. The van der Waals surface area contributed by atoms with Crippen LogP contribution in [0.15, 0.2) is 12.2 Å². The van der Waals surface area contributed by atoms with Crippen LogP contribution in [0, 0.1) is 5.41 Å². The fraction of sp³-hybridized carbons (Fsp3) is 0.750. The highest BCUT2D eigenvalue weighted by Gasteiger charge is 2.62. The molecule has 3 rings (SSSR count). The van der Waals surface area contributed by atoms with E-state index in [4.69, 9.17) is 9.47 Å². The number of carbonyl (C=O) groups excluding carboxylic acids is 1. The fourth-order valence-electron chi connectivity index (χ4n) is 3.32. The maximum Gasteiger partial charge on any atom is 0.181 e. The SMILES string of the molecule is O=C1CC=CCC12CCCC21OCCO1. The van der Waals surface area contributed by atoms with E-state index in [0.717, 1.165) is 25.7 Å².